The zero-order chi connectivity index (χ0) is 13.1. The molecule has 0 radical (unpaired) electrons. The summed E-state index contributed by atoms with van der Waals surface area (Å²) in [6.07, 6.45) is 5.03. The van der Waals surface area contributed by atoms with Gasteiger partial charge < -0.3 is 5.21 Å². The molecule has 0 spiro atoms. The van der Waals surface area contributed by atoms with Crippen molar-refractivity contribution in [2.24, 2.45) is 0 Å². The lowest BCUT2D eigenvalue weighted by molar-refractivity contribution is -0.119. The van der Waals surface area contributed by atoms with Crippen LogP contribution in [0.2, 0.25) is 0 Å². The van der Waals surface area contributed by atoms with Gasteiger partial charge in [0, 0.05) is 6.54 Å². The minimum atomic E-state index is -0.0508. The van der Waals surface area contributed by atoms with Crippen LogP contribution in [0.1, 0.15) is 22.7 Å². The quantitative estimate of drug-likeness (QED) is 0.880. The summed E-state index contributed by atoms with van der Waals surface area (Å²) in [7, 11) is 0. The second kappa shape index (κ2) is 5.39. The first-order chi connectivity index (χ1) is 9.34. The Bertz CT molecular complexity index is 577. The first-order valence-electron chi connectivity index (χ1n) is 6.61. The highest BCUT2D eigenvalue weighted by molar-refractivity contribution is 5.51. The Kier molecular flexibility index (Phi) is 3.45. The monoisotopic (exact) mass is 251 g/mol. The van der Waals surface area contributed by atoms with Crippen LogP contribution >= 0.6 is 0 Å². The highest BCUT2D eigenvalue weighted by atomic mass is 16.5. The molecular weight excluding hydrogens is 234 g/mol. The van der Waals surface area contributed by atoms with Crippen molar-refractivity contribution >= 4 is 6.08 Å². The van der Waals surface area contributed by atoms with Crippen LogP contribution < -0.4 is 0 Å². The number of nitrogens with zero attached hydrogens (tertiary/aromatic N) is 1. The second-order valence-electron chi connectivity index (χ2n) is 4.83. The predicted octanol–water partition coefficient (Wildman–Crippen LogP) is 3.69. The highest BCUT2D eigenvalue weighted by Gasteiger charge is 2.23. The molecule has 0 saturated heterocycles. The van der Waals surface area contributed by atoms with Gasteiger partial charge in [-0.25, -0.2) is 0 Å². The molecule has 0 bridgehead atoms. The predicted molar refractivity (Wildman–Crippen MR) is 76.9 cm³/mol. The smallest absolute Gasteiger partial charge is 0.0786 e. The molecule has 1 aliphatic rings. The molecule has 0 fully saturated rings. The Labute approximate surface area is 113 Å². The van der Waals surface area contributed by atoms with E-state index >= 15 is 0 Å². The van der Waals surface area contributed by atoms with Gasteiger partial charge >= 0.3 is 0 Å². The number of hydrogen-bond acceptors (Lipinski definition) is 2. The maximum atomic E-state index is 10.1. The molecule has 2 aromatic carbocycles. The Morgan fingerprint density at radius 3 is 2.58 bits per heavy atom. The third-order valence-electron chi connectivity index (χ3n) is 3.58. The van der Waals surface area contributed by atoms with Crippen molar-refractivity contribution in [1.29, 1.82) is 0 Å². The van der Waals surface area contributed by atoms with Crippen LogP contribution in [-0.4, -0.2) is 16.8 Å². The molecular formula is C17H17NO. The number of hydroxylamine groups is 2. The zero-order valence-electron chi connectivity index (χ0n) is 10.7. The number of hydrogen-bond donors (Lipinski definition) is 1. The van der Waals surface area contributed by atoms with Crippen LogP contribution in [0.15, 0.2) is 60.7 Å². The molecule has 19 heavy (non-hydrogen) atoms. The average molecular weight is 251 g/mol. The topological polar surface area (TPSA) is 23.5 Å². The fourth-order valence-electron chi connectivity index (χ4n) is 2.55. The molecule has 0 aromatic heterocycles. The second-order valence-corrected chi connectivity index (χ2v) is 4.83. The summed E-state index contributed by atoms with van der Waals surface area (Å²) in [5.74, 6) is 0. The summed E-state index contributed by atoms with van der Waals surface area (Å²) in [5.41, 5.74) is 3.68. The molecule has 96 valence electrons. The highest BCUT2D eigenvalue weighted by Crippen LogP contribution is 2.29. The fraction of sp³-hybridized carbons (Fsp3) is 0.176. The maximum Gasteiger partial charge on any atom is 0.0786 e. The standard InChI is InChI=1S/C17H17NO/c19-18-13-12-15-8-4-5-9-16(15)17(18)11-10-14-6-2-1-3-7-14/h1-11,17,19H,12-13H2/b11-10+. The van der Waals surface area contributed by atoms with Crippen molar-refractivity contribution in [2.75, 3.05) is 6.54 Å². The van der Waals surface area contributed by atoms with E-state index in [0.717, 1.165) is 12.0 Å². The molecule has 2 heteroatoms. The van der Waals surface area contributed by atoms with Gasteiger partial charge in [-0.05, 0) is 23.1 Å². The van der Waals surface area contributed by atoms with E-state index in [2.05, 4.69) is 42.5 Å². The number of rotatable bonds is 2. The van der Waals surface area contributed by atoms with E-state index in [1.807, 2.05) is 24.3 Å². The molecule has 1 aliphatic heterocycles. The van der Waals surface area contributed by atoms with Gasteiger partial charge in [-0.2, -0.15) is 5.06 Å². The van der Waals surface area contributed by atoms with E-state index in [1.54, 1.807) is 0 Å². The fourth-order valence-corrected chi connectivity index (χ4v) is 2.55. The van der Waals surface area contributed by atoms with Gasteiger partial charge in [0.25, 0.3) is 0 Å². The SMILES string of the molecule is ON1CCc2ccccc2C1/C=C/c1ccccc1. The summed E-state index contributed by atoms with van der Waals surface area (Å²) in [4.78, 5) is 0. The largest absolute Gasteiger partial charge is 0.313 e. The molecule has 1 unspecified atom stereocenters. The van der Waals surface area contributed by atoms with Crippen molar-refractivity contribution in [3.05, 3.63) is 77.4 Å². The Balaban J connectivity index is 1.90. The number of fused-ring (bicyclic) bond motifs is 1. The van der Waals surface area contributed by atoms with E-state index < -0.39 is 0 Å². The van der Waals surface area contributed by atoms with E-state index in [1.165, 1.54) is 16.2 Å². The molecule has 0 amide bonds. The summed E-state index contributed by atoms with van der Waals surface area (Å²) >= 11 is 0. The van der Waals surface area contributed by atoms with Crippen LogP contribution in [0.4, 0.5) is 0 Å². The third kappa shape index (κ3) is 2.60. The Hall–Kier alpha value is -1.90. The van der Waals surface area contributed by atoms with E-state index in [0.29, 0.717) is 6.54 Å². The van der Waals surface area contributed by atoms with E-state index in [9.17, 15) is 5.21 Å². The Morgan fingerprint density at radius 1 is 1.00 bits per heavy atom. The molecule has 0 saturated carbocycles. The maximum absolute atomic E-state index is 10.1. The Morgan fingerprint density at radius 2 is 1.74 bits per heavy atom. The summed E-state index contributed by atoms with van der Waals surface area (Å²) in [5, 5.41) is 11.5. The summed E-state index contributed by atoms with van der Waals surface area (Å²) < 4.78 is 0. The van der Waals surface area contributed by atoms with Gasteiger partial charge in [0.1, 0.15) is 0 Å². The van der Waals surface area contributed by atoms with Gasteiger partial charge in [0.15, 0.2) is 0 Å². The normalized spacial score (nSPS) is 19.5. The van der Waals surface area contributed by atoms with Gasteiger partial charge in [0.2, 0.25) is 0 Å². The molecule has 1 N–H and O–H groups in total. The van der Waals surface area contributed by atoms with Crippen molar-refractivity contribution < 1.29 is 5.21 Å². The molecule has 1 heterocycles. The van der Waals surface area contributed by atoms with Crippen LogP contribution in [0.3, 0.4) is 0 Å². The molecule has 1 atom stereocenters. The molecule has 2 aromatic rings. The van der Waals surface area contributed by atoms with Gasteiger partial charge in [0.05, 0.1) is 6.04 Å². The van der Waals surface area contributed by atoms with E-state index in [4.69, 9.17) is 0 Å². The minimum absolute atomic E-state index is 0.0508. The van der Waals surface area contributed by atoms with Gasteiger partial charge in [-0.15, -0.1) is 0 Å². The zero-order valence-corrected chi connectivity index (χ0v) is 10.7. The minimum Gasteiger partial charge on any atom is -0.313 e. The summed E-state index contributed by atoms with van der Waals surface area (Å²) in [6, 6.07) is 18.4. The molecule has 3 rings (SSSR count). The van der Waals surface area contributed by atoms with Crippen LogP contribution in [-0.2, 0) is 6.42 Å². The lowest BCUT2D eigenvalue weighted by atomic mass is 9.93. The van der Waals surface area contributed by atoms with Gasteiger partial charge in [-0.3, -0.25) is 0 Å². The lowest BCUT2D eigenvalue weighted by Gasteiger charge is -2.30. The molecule has 0 aliphatic carbocycles. The van der Waals surface area contributed by atoms with Crippen LogP contribution in [0.25, 0.3) is 6.08 Å². The van der Waals surface area contributed by atoms with Crippen molar-refractivity contribution in [1.82, 2.24) is 5.06 Å². The summed E-state index contributed by atoms with van der Waals surface area (Å²) in [6.45, 7) is 0.681. The molecule has 2 nitrogen and oxygen atoms in total. The first-order valence-corrected chi connectivity index (χ1v) is 6.61. The van der Waals surface area contributed by atoms with Crippen molar-refractivity contribution in [3.8, 4) is 0 Å². The van der Waals surface area contributed by atoms with Crippen molar-refractivity contribution in [2.45, 2.75) is 12.5 Å². The van der Waals surface area contributed by atoms with Crippen molar-refractivity contribution in [3.63, 3.8) is 0 Å². The van der Waals surface area contributed by atoms with Crippen LogP contribution in [0, 0.1) is 0 Å². The van der Waals surface area contributed by atoms with Gasteiger partial charge in [-0.1, -0.05) is 66.7 Å². The third-order valence-corrected chi connectivity index (χ3v) is 3.58. The number of benzene rings is 2. The van der Waals surface area contributed by atoms with E-state index in [-0.39, 0.29) is 6.04 Å². The first kappa shape index (κ1) is 12.2. The van der Waals surface area contributed by atoms with Crippen LogP contribution in [0.5, 0.6) is 0 Å². The average Bonchev–Trinajstić information content (AvgIpc) is 2.47. The lowest BCUT2D eigenvalue weighted by Crippen LogP contribution is -2.31.